The Labute approximate surface area is 249 Å². The average Bonchev–Trinajstić information content (AvgIpc) is 2.99. The number of rotatable bonds is 7. The highest BCUT2D eigenvalue weighted by Crippen LogP contribution is 2.48. The fraction of sp³-hybridized carbons (Fsp3) is 0.294. The molecule has 2 amide bonds. The highest BCUT2D eigenvalue weighted by molar-refractivity contribution is 7.99. The molecule has 0 atom stereocenters. The standard InChI is InChI=1S/C34H34N4O3S/c1-23(39)35-26-14-16-27(17-15-26)36-29(40)22-42-33-37-31-28-13-7-6-12-25(28)20-34(18-8-3-9-19-34)30(31)32(41)38(33)21-24-10-4-2-5-11-24/h2,4-7,10-17H,3,8-9,18-22H2,1H3,(H,35,39)(H,36,40). The number of nitrogens with one attached hydrogen (secondary N) is 2. The number of hydrogen-bond donors (Lipinski definition) is 2. The van der Waals surface area contributed by atoms with Crippen LogP contribution in [0.1, 0.15) is 55.7 Å². The van der Waals surface area contributed by atoms with Crippen molar-refractivity contribution in [3.63, 3.8) is 0 Å². The summed E-state index contributed by atoms with van der Waals surface area (Å²) in [6.45, 7) is 1.85. The van der Waals surface area contributed by atoms with Gasteiger partial charge in [-0.15, -0.1) is 0 Å². The molecular weight excluding hydrogens is 544 g/mol. The van der Waals surface area contributed by atoms with Crippen LogP contribution in [0.2, 0.25) is 0 Å². The molecule has 8 heteroatoms. The molecule has 214 valence electrons. The molecule has 0 radical (unpaired) electrons. The zero-order valence-corrected chi connectivity index (χ0v) is 24.5. The number of anilines is 2. The lowest BCUT2D eigenvalue weighted by Gasteiger charge is -2.42. The Morgan fingerprint density at radius 3 is 2.26 bits per heavy atom. The third-order valence-corrected chi connectivity index (χ3v) is 9.26. The van der Waals surface area contributed by atoms with Crippen molar-refractivity contribution in [1.29, 1.82) is 0 Å². The Hall–Kier alpha value is -4.17. The van der Waals surface area contributed by atoms with Crippen LogP contribution >= 0.6 is 11.8 Å². The van der Waals surface area contributed by atoms with Gasteiger partial charge in [-0.1, -0.05) is 85.6 Å². The Bertz CT molecular complexity index is 1680. The van der Waals surface area contributed by atoms with Crippen molar-refractivity contribution >= 4 is 35.0 Å². The number of fused-ring (bicyclic) bond motifs is 4. The lowest BCUT2D eigenvalue weighted by Crippen LogP contribution is -2.43. The van der Waals surface area contributed by atoms with Gasteiger partial charge in [-0.05, 0) is 54.7 Å². The van der Waals surface area contributed by atoms with E-state index in [-0.39, 0.29) is 28.5 Å². The first-order valence-corrected chi connectivity index (χ1v) is 15.5. The quantitative estimate of drug-likeness (QED) is 0.195. The van der Waals surface area contributed by atoms with Crippen molar-refractivity contribution in [2.75, 3.05) is 16.4 Å². The summed E-state index contributed by atoms with van der Waals surface area (Å²) in [7, 11) is 0. The number of carbonyl (C=O) groups excluding carboxylic acids is 2. The number of benzene rings is 3. The lowest BCUT2D eigenvalue weighted by atomic mass is 9.62. The Morgan fingerprint density at radius 2 is 1.55 bits per heavy atom. The Kier molecular flexibility index (Phi) is 7.98. The van der Waals surface area contributed by atoms with Gasteiger partial charge in [0.2, 0.25) is 11.8 Å². The zero-order chi connectivity index (χ0) is 29.1. The van der Waals surface area contributed by atoms with Gasteiger partial charge in [-0.25, -0.2) is 4.98 Å². The molecule has 4 aromatic rings. The van der Waals surface area contributed by atoms with Crippen molar-refractivity contribution in [2.45, 2.75) is 62.6 Å². The third-order valence-electron chi connectivity index (χ3n) is 8.28. The van der Waals surface area contributed by atoms with Crippen molar-refractivity contribution < 1.29 is 9.59 Å². The molecule has 6 rings (SSSR count). The molecule has 0 bridgehead atoms. The highest BCUT2D eigenvalue weighted by Gasteiger charge is 2.43. The maximum absolute atomic E-state index is 14.5. The minimum absolute atomic E-state index is 0.0109. The average molecular weight is 579 g/mol. The van der Waals surface area contributed by atoms with Gasteiger partial charge in [-0.3, -0.25) is 19.0 Å². The van der Waals surface area contributed by atoms with E-state index in [0.29, 0.717) is 23.1 Å². The molecule has 1 fully saturated rings. The molecular formula is C34H34N4O3S. The first-order valence-electron chi connectivity index (χ1n) is 14.5. The van der Waals surface area contributed by atoms with Gasteiger partial charge in [0.05, 0.1) is 23.6 Å². The SMILES string of the molecule is CC(=O)Nc1ccc(NC(=O)CSc2nc3c(c(=O)n2Cc2ccccc2)C2(CCCCC2)Cc2ccccc2-3)cc1. The topological polar surface area (TPSA) is 93.1 Å². The van der Waals surface area contributed by atoms with E-state index in [4.69, 9.17) is 4.98 Å². The van der Waals surface area contributed by atoms with Gasteiger partial charge in [0, 0.05) is 29.3 Å². The first-order chi connectivity index (χ1) is 20.4. The maximum atomic E-state index is 14.5. The molecule has 0 saturated heterocycles. The van der Waals surface area contributed by atoms with E-state index in [0.717, 1.165) is 54.5 Å². The van der Waals surface area contributed by atoms with Gasteiger partial charge in [0.25, 0.3) is 5.56 Å². The predicted octanol–water partition coefficient (Wildman–Crippen LogP) is 6.41. The maximum Gasteiger partial charge on any atom is 0.258 e. The van der Waals surface area contributed by atoms with Gasteiger partial charge in [0.1, 0.15) is 0 Å². The zero-order valence-electron chi connectivity index (χ0n) is 23.7. The number of nitrogens with zero attached hydrogens (tertiary/aromatic N) is 2. The molecule has 2 aliphatic rings. The van der Waals surface area contributed by atoms with E-state index in [1.807, 2.05) is 36.4 Å². The lowest BCUT2D eigenvalue weighted by molar-refractivity contribution is -0.114. The van der Waals surface area contributed by atoms with Crippen molar-refractivity contribution in [2.24, 2.45) is 0 Å². The molecule has 1 heterocycles. The van der Waals surface area contributed by atoms with E-state index in [2.05, 4.69) is 28.8 Å². The van der Waals surface area contributed by atoms with E-state index < -0.39 is 0 Å². The molecule has 2 N–H and O–H groups in total. The van der Waals surface area contributed by atoms with Crippen LogP contribution in [0.25, 0.3) is 11.3 Å². The summed E-state index contributed by atoms with van der Waals surface area (Å²) in [6.07, 6.45) is 6.28. The van der Waals surface area contributed by atoms with Crippen LogP contribution in [-0.4, -0.2) is 27.1 Å². The van der Waals surface area contributed by atoms with Crippen LogP contribution < -0.4 is 16.2 Å². The van der Waals surface area contributed by atoms with E-state index in [9.17, 15) is 14.4 Å². The molecule has 1 spiro atoms. The minimum Gasteiger partial charge on any atom is -0.326 e. The largest absolute Gasteiger partial charge is 0.326 e. The van der Waals surface area contributed by atoms with Gasteiger partial charge in [0.15, 0.2) is 5.16 Å². The van der Waals surface area contributed by atoms with Crippen LogP contribution in [0, 0.1) is 0 Å². The van der Waals surface area contributed by atoms with E-state index in [1.54, 1.807) is 28.8 Å². The highest BCUT2D eigenvalue weighted by atomic mass is 32.2. The second-order valence-corrected chi connectivity index (χ2v) is 12.2. The van der Waals surface area contributed by atoms with Crippen LogP contribution in [0.15, 0.2) is 88.8 Å². The summed E-state index contributed by atoms with van der Waals surface area (Å²) in [5.41, 5.74) is 6.02. The summed E-state index contributed by atoms with van der Waals surface area (Å²) in [4.78, 5) is 44.0. The summed E-state index contributed by atoms with van der Waals surface area (Å²) in [6, 6.07) is 25.2. The number of carbonyl (C=O) groups is 2. The number of aromatic nitrogens is 2. The fourth-order valence-corrected chi connectivity index (χ4v) is 7.20. The summed E-state index contributed by atoms with van der Waals surface area (Å²) in [5, 5.41) is 6.18. The van der Waals surface area contributed by atoms with Crippen LogP contribution in [0.4, 0.5) is 11.4 Å². The second kappa shape index (κ2) is 12.0. The number of thioether (sulfide) groups is 1. The van der Waals surface area contributed by atoms with Gasteiger partial charge < -0.3 is 10.6 Å². The summed E-state index contributed by atoms with van der Waals surface area (Å²) < 4.78 is 1.78. The smallest absolute Gasteiger partial charge is 0.258 e. The van der Waals surface area contributed by atoms with E-state index in [1.165, 1.54) is 30.7 Å². The molecule has 1 saturated carbocycles. The fourth-order valence-electron chi connectivity index (χ4n) is 6.40. The predicted molar refractivity (Wildman–Crippen MR) is 168 cm³/mol. The van der Waals surface area contributed by atoms with Crippen LogP contribution in [-0.2, 0) is 28.0 Å². The summed E-state index contributed by atoms with van der Waals surface area (Å²) in [5.74, 6) is -0.255. The monoisotopic (exact) mass is 578 g/mol. The summed E-state index contributed by atoms with van der Waals surface area (Å²) >= 11 is 1.28. The van der Waals surface area contributed by atoms with Crippen LogP contribution in [0.5, 0.6) is 0 Å². The van der Waals surface area contributed by atoms with Crippen LogP contribution in [0.3, 0.4) is 0 Å². The van der Waals surface area contributed by atoms with Gasteiger partial charge in [-0.2, -0.15) is 0 Å². The van der Waals surface area contributed by atoms with Gasteiger partial charge >= 0.3 is 0 Å². The molecule has 1 aromatic heterocycles. The van der Waals surface area contributed by atoms with Crippen molar-refractivity contribution in [1.82, 2.24) is 9.55 Å². The van der Waals surface area contributed by atoms with E-state index >= 15 is 0 Å². The second-order valence-electron chi connectivity index (χ2n) is 11.3. The molecule has 0 aliphatic heterocycles. The number of hydrogen-bond acceptors (Lipinski definition) is 5. The molecule has 42 heavy (non-hydrogen) atoms. The normalized spacial score (nSPS) is 15.0. The molecule has 2 aliphatic carbocycles. The Balaban J connectivity index is 1.35. The minimum atomic E-state index is -0.200. The first kappa shape index (κ1) is 28.0. The van der Waals surface area contributed by atoms with Crippen molar-refractivity contribution in [3.05, 3.63) is 106 Å². The van der Waals surface area contributed by atoms with Crippen molar-refractivity contribution in [3.8, 4) is 11.3 Å². The molecule has 3 aromatic carbocycles. The third kappa shape index (κ3) is 5.77. The Morgan fingerprint density at radius 1 is 0.881 bits per heavy atom. The number of amides is 2. The molecule has 7 nitrogen and oxygen atoms in total. The molecule has 0 unspecified atom stereocenters.